The zero-order valence-corrected chi connectivity index (χ0v) is 14.3. The zero-order chi connectivity index (χ0) is 17.7. The van der Waals surface area contributed by atoms with Crippen molar-refractivity contribution < 1.29 is 5.11 Å². The maximum absolute atomic E-state index is 11.1. The Morgan fingerprint density at radius 2 is 1.92 bits per heavy atom. The molecule has 4 rings (SSSR count). The van der Waals surface area contributed by atoms with Gasteiger partial charge < -0.3 is 15.1 Å². The molecule has 1 atom stereocenters. The summed E-state index contributed by atoms with van der Waals surface area (Å²) in [5.74, 6) is 0.485. The lowest BCUT2D eigenvalue weighted by Crippen LogP contribution is -2.06. The maximum Gasteiger partial charge on any atom is 0.140 e. The summed E-state index contributed by atoms with van der Waals surface area (Å²) in [6.07, 6.45) is 1.10. The highest BCUT2D eigenvalue weighted by molar-refractivity contribution is 5.90. The van der Waals surface area contributed by atoms with Crippen molar-refractivity contribution in [3.05, 3.63) is 64.1 Å². The molecule has 2 aromatic carbocycles. The third kappa shape index (κ3) is 2.31. The molecule has 1 unspecified atom stereocenters. The molecule has 5 heteroatoms. The van der Waals surface area contributed by atoms with Gasteiger partial charge in [0, 0.05) is 22.7 Å². The van der Waals surface area contributed by atoms with E-state index in [-0.39, 0.29) is 0 Å². The first kappa shape index (κ1) is 15.4. The Hall–Kier alpha value is -3.10. The van der Waals surface area contributed by atoms with E-state index in [1.807, 2.05) is 20.0 Å². The lowest BCUT2D eigenvalue weighted by Gasteiger charge is -2.15. The fraction of sp³-hybridized carbons (Fsp3) is 0.200. The molecule has 0 saturated carbocycles. The molecular formula is C20H18N4O. The third-order valence-electron chi connectivity index (χ3n) is 4.76. The van der Waals surface area contributed by atoms with Gasteiger partial charge in [0.25, 0.3) is 0 Å². The standard InChI is InChI=1S/C20H18N4O/c1-10-6-11(2)18-16(12(3)9-22-18)17(10)19(25)20-23-14-5-4-13(8-21)7-15(14)24-20/h4-7,9,19,22,25H,1-3H3,(H,23,24). The lowest BCUT2D eigenvalue weighted by atomic mass is 9.94. The molecule has 0 saturated heterocycles. The predicted octanol–water partition coefficient (Wildman–Crippen LogP) is 3.92. The number of aromatic nitrogens is 3. The summed E-state index contributed by atoms with van der Waals surface area (Å²) in [7, 11) is 0. The van der Waals surface area contributed by atoms with Gasteiger partial charge in [-0.15, -0.1) is 0 Å². The second kappa shape index (κ2) is 5.47. The van der Waals surface area contributed by atoms with Crippen molar-refractivity contribution >= 4 is 21.9 Å². The molecule has 0 aliphatic heterocycles. The number of rotatable bonds is 2. The lowest BCUT2D eigenvalue weighted by molar-refractivity contribution is 0.212. The van der Waals surface area contributed by atoms with E-state index in [1.54, 1.807) is 18.2 Å². The molecule has 0 fully saturated rings. The van der Waals surface area contributed by atoms with Crippen molar-refractivity contribution in [1.29, 1.82) is 5.26 Å². The molecule has 0 spiro atoms. The van der Waals surface area contributed by atoms with E-state index in [1.165, 1.54) is 0 Å². The molecule has 5 nitrogen and oxygen atoms in total. The minimum atomic E-state index is -0.865. The Bertz CT molecular complexity index is 1160. The van der Waals surface area contributed by atoms with Crippen LogP contribution in [0.15, 0.2) is 30.5 Å². The van der Waals surface area contributed by atoms with E-state index in [0.717, 1.165) is 44.2 Å². The first-order valence-corrected chi connectivity index (χ1v) is 8.15. The third-order valence-corrected chi connectivity index (χ3v) is 4.76. The van der Waals surface area contributed by atoms with Crippen LogP contribution in [-0.2, 0) is 0 Å². The number of imidazole rings is 1. The van der Waals surface area contributed by atoms with Crippen molar-refractivity contribution in [3.8, 4) is 6.07 Å². The number of aryl methyl sites for hydroxylation is 3. The van der Waals surface area contributed by atoms with Crippen LogP contribution in [0.3, 0.4) is 0 Å². The molecule has 3 N–H and O–H groups in total. The van der Waals surface area contributed by atoms with Gasteiger partial charge >= 0.3 is 0 Å². The number of aliphatic hydroxyl groups excluding tert-OH is 1. The summed E-state index contributed by atoms with van der Waals surface area (Å²) in [5, 5.41) is 21.1. The predicted molar refractivity (Wildman–Crippen MR) is 97.4 cm³/mol. The number of nitriles is 1. The minimum absolute atomic E-state index is 0.485. The van der Waals surface area contributed by atoms with Gasteiger partial charge in [0.05, 0.1) is 22.7 Å². The Labute approximate surface area is 145 Å². The van der Waals surface area contributed by atoms with Crippen LogP contribution in [0.2, 0.25) is 0 Å². The summed E-state index contributed by atoms with van der Waals surface area (Å²) in [6, 6.07) is 9.46. The normalized spacial score (nSPS) is 12.6. The Balaban J connectivity index is 1.92. The number of aromatic amines is 2. The Kier molecular flexibility index (Phi) is 3.38. The molecule has 0 aliphatic rings. The van der Waals surface area contributed by atoms with Gasteiger partial charge in [-0.25, -0.2) is 4.98 Å². The Morgan fingerprint density at radius 1 is 1.12 bits per heavy atom. The molecule has 2 heterocycles. The molecule has 0 aliphatic carbocycles. The van der Waals surface area contributed by atoms with Gasteiger partial charge in [0.2, 0.25) is 0 Å². The van der Waals surface area contributed by atoms with Crippen LogP contribution < -0.4 is 0 Å². The minimum Gasteiger partial charge on any atom is -0.380 e. The number of nitrogens with zero attached hydrogens (tertiary/aromatic N) is 2. The SMILES string of the molecule is Cc1cc(C)c2[nH]cc(C)c2c1C(O)c1nc2ccc(C#N)cc2[nH]1. The molecule has 25 heavy (non-hydrogen) atoms. The molecular weight excluding hydrogens is 312 g/mol. The quantitative estimate of drug-likeness (QED) is 0.520. The summed E-state index contributed by atoms with van der Waals surface area (Å²) < 4.78 is 0. The number of fused-ring (bicyclic) bond motifs is 2. The number of aliphatic hydroxyl groups is 1. The van der Waals surface area contributed by atoms with Crippen LogP contribution in [0.5, 0.6) is 0 Å². The van der Waals surface area contributed by atoms with Crippen LogP contribution in [-0.4, -0.2) is 20.1 Å². The number of hydrogen-bond acceptors (Lipinski definition) is 3. The molecule has 0 radical (unpaired) electrons. The second-order valence-electron chi connectivity index (χ2n) is 6.51. The summed E-state index contributed by atoms with van der Waals surface area (Å²) in [6.45, 7) is 6.10. The van der Waals surface area contributed by atoms with Crippen LogP contribution >= 0.6 is 0 Å². The summed E-state index contributed by atoms with van der Waals surface area (Å²) in [5.41, 5.74) is 7.23. The van der Waals surface area contributed by atoms with E-state index >= 15 is 0 Å². The highest BCUT2D eigenvalue weighted by Crippen LogP contribution is 2.35. The van der Waals surface area contributed by atoms with Gasteiger partial charge in [-0.05, 0) is 55.7 Å². The maximum atomic E-state index is 11.1. The van der Waals surface area contributed by atoms with Crippen molar-refractivity contribution in [2.75, 3.05) is 0 Å². The van der Waals surface area contributed by atoms with Crippen molar-refractivity contribution in [2.45, 2.75) is 26.9 Å². The molecule has 124 valence electrons. The average molecular weight is 330 g/mol. The van der Waals surface area contributed by atoms with Crippen molar-refractivity contribution in [3.63, 3.8) is 0 Å². The highest BCUT2D eigenvalue weighted by atomic mass is 16.3. The smallest absolute Gasteiger partial charge is 0.140 e. The number of nitrogens with one attached hydrogen (secondary N) is 2. The number of hydrogen-bond donors (Lipinski definition) is 3. The monoisotopic (exact) mass is 330 g/mol. The van der Waals surface area contributed by atoms with Crippen LogP contribution in [0.25, 0.3) is 21.9 Å². The van der Waals surface area contributed by atoms with Gasteiger partial charge in [-0.2, -0.15) is 5.26 Å². The first-order chi connectivity index (χ1) is 12.0. The van der Waals surface area contributed by atoms with E-state index < -0.39 is 6.10 Å². The van der Waals surface area contributed by atoms with Gasteiger partial charge in [-0.3, -0.25) is 0 Å². The van der Waals surface area contributed by atoms with E-state index in [0.29, 0.717) is 11.4 Å². The van der Waals surface area contributed by atoms with Crippen LogP contribution in [0.4, 0.5) is 0 Å². The summed E-state index contributed by atoms with van der Waals surface area (Å²) in [4.78, 5) is 11.0. The van der Waals surface area contributed by atoms with Gasteiger partial charge in [0.15, 0.2) is 0 Å². The number of benzene rings is 2. The van der Waals surface area contributed by atoms with Crippen molar-refractivity contribution in [1.82, 2.24) is 15.0 Å². The van der Waals surface area contributed by atoms with Crippen LogP contribution in [0.1, 0.15) is 39.7 Å². The second-order valence-corrected chi connectivity index (χ2v) is 6.51. The molecule has 0 amide bonds. The molecule has 0 bridgehead atoms. The van der Waals surface area contributed by atoms with E-state index in [4.69, 9.17) is 5.26 Å². The van der Waals surface area contributed by atoms with Gasteiger partial charge in [0.1, 0.15) is 11.9 Å². The average Bonchev–Trinajstić information content (AvgIpc) is 3.18. The fourth-order valence-corrected chi connectivity index (χ4v) is 3.57. The molecule has 4 aromatic rings. The topological polar surface area (TPSA) is 88.5 Å². The summed E-state index contributed by atoms with van der Waals surface area (Å²) >= 11 is 0. The fourth-order valence-electron chi connectivity index (χ4n) is 3.57. The zero-order valence-electron chi connectivity index (χ0n) is 14.3. The molecule has 2 aromatic heterocycles. The van der Waals surface area contributed by atoms with E-state index in [9.17, 15) is 5.11 Å². The van der Waals surface area contributed by atoms with E-state index in [2.05, 4.69) is 34.0 Å². The van der Waals surface area contributed by atoms with Crippen LogP contribution in [0, 0.1) is 32.1 Å². The first-order valence-electron chi connectivity index (χ1n) is 8.15. The van der Waals surface area contributed by atoms with Crippen molar-refractivity contribution in [2.24, 2.45) is 0 Å². The largest absolute Gasteiger partial charge is 0.380 e. The highest BCUT2D eigenvalue weighted by Gasteiger charge is 2.22. The van der Waals surface area contributed by atoms with Gasteiger partial charge in [-0.1, -0.05) is 6.07 Å². The number of H-pyrrole nitrogens is 2. The Morgan fingerprint density at radius 3 is 2.68 bits per heavy atom.